The first kappa shape index (κ1) is 14.5. The van der Waals surface area contributed by atoms with Gasteiger partial charge in [0, 0.05) is 32.3 Å². The van der Waals surface area contributed by atoms with E-state index in [0.29, 0.717) is 25.9 Å². The van der Waals surface area contributed by atoms with Gasteiger partial charge in [0.25, 0.3) is 0 Å². The van der Waals surface area contributed by atoms with Gasteiger partial charge in [-0.3, -0.25) is 9.59 Å². The van der Waals surface area contributed by atoms with Crippen molar-refractivity contribution in [3.8, 4) is 0 Å². The van der Waals surface area contributed by atoms with Crippen molar-refractivity contribution in [1.29, 1.82) is 0 Å². The minimum absolute atomic E-state index is 0.0219. The maximum Gasteiger partial charge on any atom is 0.229 e. The van der Waals surface area contributed by atoms with Crippen LogP contribution in [0.2, 0.25) is 0 Å². The minimum Gasteiger partial charge on any atom is -0.396 e. The van der Waals surface area contributed by atoms with Crippen molar-refractivity contribution in [2.24, 2.45) is 5.92 Å². The summed E-state index contributed by atoms with van der Waals surface area (Å²) in [6.45, 7) is 2.81. The molecule has 1 aromatic carbocycles. The van der Waals surface area contributed by atoms with E-state index in [0.717, 1.165) is 11.3 Å². The first-order chi connectivity index (χ1) is 9.60. The standard InChI is InChI=1S/C15H20N2O3/c1-11(19)17-8-6-13(10-17)15(20)16-14-4-2-12(3-5-14)7-9-18/h2-5,13,18H,6-10H2,1H3,(H,16,20). The summed E-state index contributed by atoms with van der Waals surface area (Å²) in [7, 11) is 0. The molecule has 0 saturated carbocycles. The van der Waals surface area contributed by atoms with E-state index in [1.165, 1.54) is 6.92 Å². The summed E-state index contributed by atoms with van der Waals surface area (Å²) < 4.78 is 0. The normalized spacial score (nSPS) is 18.1. The lowest BCUT2D eigenvalue weighted by Crippen LogP contribution is -2.29. The van der Waals surface area contributed by atoms with Crippen LogP contribution < -0.4 is 5.32 Å². The number of anilines is 1. The molecule has 0 aliphatic carbocycles. The highest BCUT2D eigenvalue weighted by Gasteiger charge is 2.29. The number of nitrogens with one attached hydrogen (secondary N) is 1. The van der Waals surface area contributed by atoms with Gasteiger partial charge in [0.1, 0.15) is 0 Å². The summed E-state index contributed by atoms with van der Waals surface area (Å²) in [5.74, 6) is -0.145. The second-order valence-electron chi connectivity index (χ2n) is 5.11. The molecule has 1 aliphatic heterocycles. The Kier molecular flexibility index (Phi) is 4.74. The molecule has 5 heteroatoms. The highest BCUT2D eigenvalue weighted by atomic mass is 16.3. The number of carbonyl (C=O) groups excluding carboxylic acids is 2. The molecule has 1 aromatic rings. The molecule has 2 amide bonds. The van der Waals surface area contributed by atoms with Crippen LogP contribution in [0.25, 0.3) is 0 Å². The van der Waals surface area contributed by atoms with Gasteiger partial charge in [-0.2, -0.15) is 0 Å². The van der Waals surface area contributed by atoms with Gasteiger partial charge < -0.3 is 15.3 Å². The Hall–Kier alpha value is -1.88. The molecule has 2 N–H and O–H groups in total. The van der Waals surface area contributed by atoms with Crippen molar-refractivity contribution < 1.29 is 14.7 Å². The molecule has 1 saturated heterocycles. The Labute approximate surface area is 118 Å². The summed E-state index contributed by atoms with van der Waals surface area (Å²) in [5, 5.41) is 11.7. The number of benzene rings is 1. The second kappa shape index (κ2) is 6.52. The molecule has 5 nitrogen and oxygen atoms in total. The van der Waals surface area contributed by atoms with Crippen LogP contribution in [0.4, 0.5) is 5.69 Å². The average molecular weight is 276 g/mol. The zero-order valence-corrected chi connectivity index (χ0v) is 11.6. The Morgan fingerprint density at radius 2 is 2.05 bits per heavy atom. The Morgan fingerprint density at radius 1 is 1.35 bits per heavy atom. The Balaban J connectivity index is 1.90. The summed E-state index contributed by atoms with van der Waals surface area (Å²) >= 11 is 0. The van der Waals surface area contributed by atoms with E-state index in [1.807, 2.05) is 24.3 Å². The fourth-order valence-electron chi connectivity index (χ4n) is 2.39. The fraction of sp³-hybridized carbons (Fsp3) is 0.467. The zero-order chi connectivity index (χ0) is 14.5. The Bertz CT molecular complexity index is 484. The minimum atomic E-state index is -0.129. The topological polar surface area (TPSA) is 69.6 Å². The maximum absolute atomic E-state index is 12.1. The number of carbonyl (C=O) groups is 2. The van der Waals surface area contributed by atoms with Crippen LogP contribution in [0, 0.1) is 5.92 Å². The van der Waals surface area contributed by atoms with Crippen molar-refractivity contribution in [2.75, 3.05) is 25.0 Å². The molecule has 1 heterocycles. The molecule has 2 rings (SSSR count). The summed E-state index contributed by atoms with van der Waals surface area (Å²) in [6.07, 6.45) is 1.33. The number of aliphatic hydroxyl groups is 1. The van der Waals surface area contributed by atoms with Crippen molar-refractivity contribution in [1.82, 2.24) is 4.90 Å². The van der Waals surface area contributed by atoms with E-state index < -0.39 is 0 Å². The lowest BCUT2D eigenvalue weighted by atomic mass is 10.1. The molecule has 1 unspecified atom stereocenters. The number of rotatable bonds is 4. The van der Waals surface area contributed by atoms with E-state index in [4.69, 9.17) is 5.11 Å². The third-order valence-electron chi connectivity index (χ3n) is 3.63. The third kappa shape index (κ3) is 3.57. The predicted molar refractivity (Wildman–Crippen MR) is 76.2 cm³/mol. The van der Waals surface area contributed by atoms with Crippen LogP contribution >= 0.6 is 0 Å². The predicted octanol–water partition coefficient (Wildman–Crippen LogP) is 1.03. The van der Waals surface area contributed by atoms with Gasteiger partial charge in [0.05, 0.1) is 5.92 Å². The molecule has 1 atom stereocenters. The second-order valence-corrected chi connectivity index (χ2v) is 5.11. The Morgan fingerprint density at radius 3 is 2.60 bits per heavy atom. The maximum atomic E-state index is 12.1. The number of aliphatic hydroxyl groups excluding tert-OH is 1. The van der Waals surface area contributed by atoms with E-state index >= 15 is 0 Å². The van der Waals surface area contributed by atoms with Crippen LogP contribution in [0.5, 0.6) is 0 Å². The monoisotopic (exact) mass is 276 g/mol. The average Bonchev–Trinajstić information content (AvgIpc) is 2.91. The lowest BCUT2D eigenvalue weighted by molar-refractivity contribution is -0.128. The molecule has 0 radical (unpaired) electrons. The van der Waals surface area contributed by atoms with Gasteiger partial charge in [-0.05, 0) is 30.5 Å². The van der Waals surface area contributed by atoms with Crippen molar-refractivity contribution in [2.45, 2.75) is 19.8 Å². The number of hydrogen-bond donors (Lipinski definition) is 2. The van der Waals surface area contributed by atoms with Gasteiger partial charge in [-0.15, -0.1) is 0 Å². The van der Waals surface area contributed by atoms with Crippen LogP contribution in [-0.2, 0) is 16.0 Å². The summed E-state index contributed by atoms with van der Waals surface area (Å²) in [5.41, 5.74) is 1.78. The lowest BCUT2D eigenvalue weighted by Gasteiger charge is -2.14. The smallest absolute Gasteiger partial charge is 0.229 e. The highest BCUT2D eigenvalue weighted by molar-refractivity contribution is 5.93. The quantitative estimate of drug-likeness (QED) is 0.863. The van der Waals surface area contributed by atoms with E-state index in [-0.39, 0.29) is 24.3 Å². The van der Waals surface area contributed by atoms with E-state index in [1.54, 1.807) is 4.90 Å². The SMILES string of the molecule is CC(=O)N1CCC(C(=O)Nc2ccc(CCO)cc2)C1. The number of likely N-dealkylation sites (tertiary alicyclic amines) is 1. The van der Waals surface area contributed by atoms with Crippen LogP contribution in [0.1, 0.15) is 18.9 Å². The number of amides is 2. The van der Waals surface area contributed by atoms with Gasteiger partial charge in [-0.1, -0.05) is 12.1 Å². The molecule has 0 spiro atoms. The fourth-order valence-corrected chi connectivity index (χ4v) is 2.39. The van der Waals surface area contributed by atoms with Crippen molar-refractivity contribution in [3.05, 3.63) is 29.8 Å². The molecule has 0 bridgehead atoms. The van der Waals surface area contributed by atoms with E-state index in [9.17, 15) is 9.59 Å². The first-order valence-corrected chi connectivity index (χ1v) is 6.86. The molecular weight excluding hydrogens is 256 g/mol. The number of nitrogens with zero attached hydrogens (tertiary/aromatic N) is 1. The first-order valence-electron chi connectivity index (χ1n) is 6.86. The van der Waals surface area contributed by atoms with Gasteiger partial charge >= 0.3 is 0 Å². The van der Waals surface area contributed by atoms with Gasteiger partial charge in [-0.25, -0.2) is 0 Å². The van der Waals surface area contributed by atoms with Crippen LogP contribution in [0.3, 0.4) is 0 Å². The van der Waals surface area contributed by atoms with Crippen molar-refractivity contribution >= 4 is 17.5 Å². The third-order valence-corrected chi connectivity index (χ3v) is 3.63. The molecule has 108 valence electrons. The highest BCUT2D eigenvalue weighted by Crippen LogP contribution is 2.19. The van der Waals surface area contributed by atoms with Crippen LogP contribution in [-0.4, -0.2) is 41.5 Å². The summed E-state index contributed by atoms with van der Waals surface area (Å²) in [4.78, 5) is 25.1. The van der Waals surface area contributed by atoms with E-state index in [2.05, 4.69) is 5.32 Å². The van der Waals surface area contributed by atoms with Crippen molar-refractivity contribution in [3.63, 3.8) is 0 Å². The summed E-state index contributed by atoms with van der Waals surface area (Å²) in [6, 6.07) is 7.45. The molecule has 0 aromatic heterocycles. The zero-order valence-electron chi connectivity index (χ0n) is 11.6. The molecular formula is C15H20N2O3. The van der Waals surface area contributed by atoms with Crippen LogP contribution in [0.15, 0.2) is 24.3 Å². The molecule has 1 fully saturated rings. The van der Waals surface area contributed by atoms with Gasteiger partial charge in [0.2, 0.25) is 11.8 Å². The van der Waals surface area contributed by atoms with Gasteiger partial charge in [0.15, 0.2) is 0 Å². The molecule has 20 heavy (non-hydrogen) atoms. The molecule has 1 aliphatic rings. The largest absolute Gasteiger partial charge is 0.396 e. The number of hydrogen-bond acceptors (Lipinski definition) is 3.